The van der Waals surface area contributed by atoms with Gasteiger partial charge in [0.2, 0.25) is 5.91 Å². The molecule has 2 aromatic heterocycles. The van der Waals surface area contributed by atoms with Gasteiger partial charge in [-0.3, -0.25) is 15.1 Å². The van der Waals surface area contributed by atoms with Crippen molar-refractivity contribution >= 4 is 46.1 Å². The van der Waals surface area contributed by atoms with Gasteiger partial charge in [0.25, 0.3) is 0 Å². The Morgan fingerprint density at radius 2 is 2.04 bits per heavy atom. The van der Waals surface area contributed by atoms with E-state index in [0.29, 0.717) is 11.7 Å². The molecular formula is C16H20N4O3S2. The number of carboxylic acid groups (broad SMARTS) is 1. The topological polar surface area (TPSA) is 104 Å². The van der Waals surface area contributed by atoms with Crippen molar-refractivity contribution in [3.63, 3.8) is 0 Å². The van der Waals surface area contributed by atoms with Gasteiger partial charge in [0.05, 0.1) is 12.0 Å². The van der Waals surface area contributed by atoms with Crippen LogP contribution in [0.1, 0.15) is 28.8 Å². The second-order valence-electron chi connectivity index (χ2n) is 5.28. The molecule has 0 aliphatic carbocycles. The largest absolute Gasteiger partial charge is 0.465 e. The van der Waals surface area contributed by atoms with Crippen LogP contribution >= 0.6 is 22.7 Å². The summed E-state index contributed by atoms with van der Waals surface area (Å²) in [5.74, 6) is -0.105. The molecule has 0 aliphatic rings. The molecule has 0 atom stereocenters. The molecule has 2 amide bonds. The fourth-order valence-corrected chi connectivity index (χ4v) is 3.93. The molecule has 3 N–H and O–H groups in total. The molecule has 7 nitrogen and oxygen atoms in total. The Morgan fingerprint density at radius 3 is 2.76 bits per heavy atom. The number of thiophene rings is 1. The van der Waals surface area contributed by atoms with Gasteiger partial charge in [0.1, 0.15) is 0 Å². The highest BCUT2D eigenvalue weighted by Crippen LogP contribution is 2.21. The number of hydrogen-bond acceptors (Lipinski definition) is 6. The van der Waals surface area contributed by atoms with E-state index in [1.54, 1.807) is 11.3 Å². The van der Waals surface area contributed by atoms with E-state index in [1.807, 2.05) is 5.38 Å². The molecule has 0 saturated heterocycles. The lowest BCUT2D eigenvalue weighted by Crippen LogP contribution is -2.18. The smallest absolute Gasteiger partial charge is 0.409 e. The molecule has 0 fully saturated rings. The van der Waals surface area contributed by atoms with Crippen molar-refractivity contribution in [2.45, 2.75) is 32.6 Å². The van der Waals surface area contributed by atoms with Gasteiger partial charge in [-0.15, -0.1) is 22.7 Å². The van der Waals surface area contributed by atoms with Crippen LogP contribution < -0.4 is 10.6 Å². The van der Waals surface area contributed by atoms with Gasteiger partial charge in [-0.05, 0) is 37.8 Å². The molecule has 2 rings (SSSR count). The van der Waals surface area contributed by atoms with Crippen molar-refractivity contribution in [1.82, 2.24) is 10.3 Å². The van der Waals surface area contributed by atoms with Crippen LogP contribution in [0, 0.1) is 0 Å². The fraction of sp³-hybridized carbons (Fsp3) is 0.375. The van der Waals surface area contributed by atoms with Crippen molar-refractivity contribution < 1.29 is 14.7 Å². The van der Waals surface area contributed by atoms with E-state index in [1.165, 1.54) is 34.4 Å². The summed E-state index contributed by atoms with van der Waals surface area (Å²) in [6.07, 6.45) is 3.69. The summed E-state index contributed by atoms with van der Waals surface area (Å²) in [7, 11) is 0. The molecule has 134 valence electrons. The molecule has 0 unspecified atom stereocenters. The number of rotatable bonds is 9. The minimum atomic E-state index is -1.10. The number of nitrogens with zero attached hydrogens (tertiary/aromatic N) is 2. The molecule has 2 heterocycles. The number of carbonyl (C=O) groups excluding carboxylic acids is 1. The zero-order chi connectivity index (χ0) is 18.1. The standard InChI is InChI=1S/C16H20N4O3S2/c1-11(21)19-15-20-12(9-24-15)4-5-14-7-6-13(25-14)3-2-8-17-10-18-16(22)23/h6-7,9-10H,2-5,8H2,1H3,(H,17,18)(H,22,23)(H,19,20,21). The van der Waals surface area contributed by atoms with Crippen LogP contribution in [0.25, 0.3) is 0 Å². The fourth-order valence-electron chi connectivity index (χ4n) is 2.08. The predicted molar refractivity (Wildman–Crippen MR) is 101 cm³/mol. The number of carbonyl (C=O) groups is 2. The first kappa shape index (κ1) is 19.1. The van der Waals surface area contributed by atoms with E-state index < -0.39 is 6.09 Å². The first-order valence-corrected chi connectivity index (χ1v) is 9.50. The normalized spacial score (nSPS) is 10.9. The highest BCUT2D eigenvalue weighted by Gasteiger charge is 2.05. The minimum Gasteiger partial charge on any atom is -0.465 e. The Morgan fingerprint density at radius 1 is 1.28 bits per heavy atom. The van der Waals surface area contributed by atoms with Crippen LogP contribution in [0.5, 0.6) is 0 Å². The molecule has 25 heavy (non-hydrogen) atoms. The third kappa shape index (κ3) is 7.44. The maximum Gasteiger partial charge on any atom is 0.409 e. The molecule has 0 spiro atoms. The van der Waals surface area contributed by atoms with Crippen molar-refractivity contribution in [2.75, 3.05) is 11.9 Å². The van der Waals surface area contributed by atoms with Gasteiger partial charge >= 0.3 is 6.09 Å². The third-order valence-electron chi connectivity index (χ3n) is 3.17. The molecule has 9 heteroatoms. The second-order valence-corrected chi connectivity index (χ2v) is 7.39. The summed E-state index contributed by atoms with van der Waals surface area (Å²) < 4.78 is 0. The van der Waals surface area contributed by atoms with Crippen molar-refractivity contribution in [1.29, 1.82) is 0 Å². The first-order valence-electron chi connectivity index (χ1n) is 7.80. The molecular weight excluding hydrogens is 360 g/mol. The van der Waals surface area contributed by atoms with E-state index in [4.69, 9.17) is 5.11 Å². The molecule has 0 bridgehead atoms. The Labute approximate surface area is 153 Å². The van der Waals surface area contributed by atoms with Crippen LogP contribution in [0.4, 0.5) is 9.93 Å². The van der Waals surface area contributed by atoms with E-state index in [2.05, 4.69) is 32.7 Å². The van der Waals surface area contributed by atoms with Gasteiger partial charge in [-0.1, -0.05) is 0 Å². The second kappa shape index (κ2) is 9.90. The zero-order valence-electron chi connectivity index (χ0n) is 13.8. The number of anilines is 1. The lowest BCUT2D eigenvalue weighted by molar-refractivity contribution is -0.114. The van der Waals surface area contributed by atoms with Crippen LogP contribution in [-0.2, 0) is 24.1 Å². The van der Waals surface area contributed by atoms with Gasteiger partial charge in [-0.25, -0.2) is 9.78 Å². The van der Waals surface area contributed by atoms with Gasteiger partial charge < -0.3 is 10.4 Å². The zero-order valence-corrected chi connectivity index (χ0v) is 15.5. The highest BCUT2D eigenvalue weighted by molar-refractivity contribution is 7.14. The Kier molecular flexibility index (Phi) is 7.55. The van der Waals surface area contributed by atoms with Gasteiger partial charge in [0, 0.05) is 28.6 Å². The van der Waals surface area contributed by atoms with Crippen LogP contribution in [0.3, 0.4) is 0 Å². The average molecular weight is 380 g/mol. The van der Waals surface area contributed by atoms with E-state index in [-0.39, 0.29) is 5.91 Å². The summed E-state index contributed by atoms with van der Waals surface area (Å²) in [6, 6.07) is 4.26. The van der Waals surface area contributed by atoms with E-state index >= 15 is 0 Å². The van der Waals surface area contributed by atoms with Crippen molar-refractivity contribution in [3.05, 3.63) is 33.0 Å². The Balaban J connectivity index is 1.70. The molecule has 0 saturated carbocycles. The summed E-state index contributed by atoms with van der Waals surface area (Å²) in [6.45, 7) is 2.07. The number of hydrogen-bond donors (Lipinski definition) is 3. The number of aromatic nitrogens is 1. The average Bonchev–Trinajstić information content (AvgIpc) is 3.17. The SMILES string of the molecule is CC(=O)Nc1nc(CCc2ccc(CCCN=CNC(=O)O)s2)cs1. The summed E-state index contributed by atoms with van der Waals surface area (Å²) >= 11 is 3.23. The third-order valence-corrected chi connectivity index (χ3v) is 5.18. The van der Waals surface area contributed by atoms with Crippen molar-refractivity contribution in [2.24, 2.45) is 4.99 Å². The number of nitrogens with one attached hydrogen (secondary N) is 2. The lowest BCUT2D eigenvalue weighted by Gasteiger charge is -1.96. The van der Waals surface area contributed by atoms with Crippen LogP contribution in [0.2, 0.25) is 0 Å². The van der Waals surface area contributed by atoms with Crippen LogP contribution in [-0.4, -0.2) is 35.0 Å². The van der Waals surface area contributed by atoms with E-state index in [0.717, 1.165) is 31.4 Å². The lowest BCUT2D eigenvalue weighted by atomic mass is 10.2. The number of amides is 2. The number of thiazole rings is 1. The van der Waals surface area contributed by atoms with E-state index in [9.17, 15) is 9.59 Å². The Hall–Kier alpha value is -2.26. The number of aliphatic imine (C=N–C) groups is 1. The molecule has 0 radical (unpaired) electrons. The van der Waals surface area contributed by atoms with Gasteiger partial charge in [-0.2, -0.15) is 0 Å². The summed E-state index contributed by atoms with van der Waals surface area (Å²) in [5, 5.41) is 15.8. The molecule has 0 aromatic carbocycles. The highest BCUT2D eigenvalue weighted by atomic mass is 32.1. The molecule has 0 aliphatic heterocycles. The summed E-state index contributed by atoms with van der Waals surface area (Å²) in [4.78, 5) is 32.2. The van der Waals surface area contributed by atoms with Gasteiger partial charge in [0.15, 0.2) is 5.13 Å². The quantitative estimate of drug-likeness (QED) is 0.353. The maximum atomic E-state index is 11.0. The summed E-state index contributed by atoms with van der Waals surface area (Å²) in [5.41, 5.74) is 0.990. The Bertz CT molecular complexity index is 739. The predicted octanol–water partition coefficient (Wildman–Crippen LogP) is 3.18. The van der Waals surface area contributed by atoms with Crippen LogP contribution in [0.15, 0.2) is 22.5 Å². The van der Waals surface area contributed by atoms with Crippen molar-refractivity contribution in [3.8, 4) is 0 Å². The molecule has 2 aromatic rings. The first-order chi connectivity index (χ1) is 12.0. The maximum absolute atomic E-state index is 11.0. The minimum absolute atomic E-state index is 0.105. The number of aryl methyl sites for hydroxylation is 3. The monoisotopic (exact) mass is 380 g/mol.